The molecule has 0 aliphatic carbocycles. The summed E-state index contributed by atoms with van der Waals surface area (Å²) in [6, 6.07) is 8.52. The van der Waals surface area contributed by atoms with Crippen molar-refractivity contribution in [1.82, 2.24) is 5.32 Å². The number of nitro benzene ring substituents is 2. The number of anilines is 1. The summed E-state index contributed by atoms with van der Waals surface area (Å²) in [7, 11) is 0. The lowest BCUT2D eigenvalue weighted by Gasteiger charge is -2.17. The predicted octanol–water partition coefficient (Wildman–Crippen LogP) is 4.61. The van der Waals surface area contributed by atoms with Crippen LogP contribution in [0.3, 0.4) is 0 Å². The summed E-state index contributed by atoms with van der Waals surface area (Å²) in [5.41, 5.74) is -3.28. The second kappa shape index (κ2) is 10.0. The SMILES string of the molecule is O=C(CC(NC(=O)c1ccc([N+](=O)[O-])c(C(F)(F)F)c1)c1ccco1)Nc1ccc([N+](=O)[O-])cc1. The Balaban J connectivity index is 1.79. The first-order valence-corrected chi connectivity index (χ1v) is 9.70. The molecule has 11 nitrogen and oxygen atoms in total. The molecule has 2 aromatic carbocycles. The van der Waals surface area contributed by atoms with Crippen LogP contribution in [0.2, 0.25) is 0 Å². The molecule has 0 bridgehead atoms. The summed E-state index contributed by atoms with van der Waals surface area (Å²) >= 11 is 0. The number of non-ortho nitro benzene ring substituents is 1. The number of alkyl halides is 3. The highest BCUT2D eigenvalue weighted by atomic mass is 19.4. The van der Waals surface area contributed by atoms with E-state index in [2.05, 4.69) is 10.6 Å². The molecule has 35 heavy (non-hydrogen) atoms. The molecule has 3 aromatic rings. The van der Waals surface area contributed by atoms with E-state index >= 15 is 0 Å². The molecule has 0 radical (unpaired) electrons. The molecule has 0 fully saturated rings. The van der Waals surface area contributed by atoms with E-state index in [9.17, 15) is 43.0 Å². The van der Waals surface area contributed by atoms with Crippen LogP contribution in [-0.2, 0) is 11.0 Å². The molecule has 0 spiro atoms. The van der Waals surface area contributed by atoms with Gasteiger partial charge in [-0.05, 0) is 36.4 Å². The van der Waals surface area contributed by atoms with Gasteiger partial charge in [0.25, 0.3) is 17.3 Å². The summed E-state index contributed by atoms with van der Waals surface area (Å²) in [4.78, 5) is 45.0. The largest absolute Gasteiger partial charge is 0.467 e. The van der Waals surface area contributed by atoms with Crippen molar-refractivity contribution in [2.75, 3.05) is 5.32 Å². The van der Waals surface area contributed by atoms with Gasteiger partial charge in [-0.3, -0.25) is 29.8 Å². The summed E-state index contributed by atoms with van der Waals surface area (Å²) in [6.07, 6.45) is -4.23. The number of nitrogens with zero attached hydrogens (tertiary/aromatic N) is 2. The molecule has 2 N–H and O–H groups in total. The number of nitro groups is 2. The fraction of sp³-hybridized carbons (Fsp3) is 0.143. The smallest absolute Gasteiger partial charge is 0.423 e. The lowest BCUT2D eigenvalue weighted by Crippen LogP contribution is -2.31. The van der Waals surface area contributed by atoms with E-state index in [4.69, 9.17) is 4.42 Å². The number of halogens is 3. The third kappa shape index (κ3) is 6.19. The van der Waals surface area contributed by atoms with E-state index in [1.807, 2.05) is 0 Å². The third-order valence-electron chi connectivity index (χ3n) is 4.70. The van der Waals surface area contributed by atoms with E-state index in [1.165, 1.54) is 42.7 Å². The number of hydrogen-bond acceptors (Lipinski definition) is 7. The monoisotopic (exact) mass is 492 g/mol. The number of carbonyl (C=O) groups excluding carboxylic acids is 2. The van der Waals surface area contributed by atoms with Gasteiger partial charge in [0.05, 0.1) is 28.6 Å². The summed E-state index contributed by atoms with van der Waals surface area (Å²) in [6.45, 7) is 0. The molecule has 0 saturated heterocycles. The van der Waals surface area contributed by atoms with E-state index < -0.39 is 57.1 Å². The van der Waals surface area contributed by atoms with Crippen LogP contribution < -0.4 is 10.6 Å². The molecule has 14 heteroatoms. The van der Waals surface area contributed by atoms with Crippen LogP contribution in [0.25, 0.3) is 0 Å². The van der Waals surface area contributed by atoms with Crippen LogP contribution in [-0.4, -0.2) is 21.7 Å². The Hall–Kier alpha value is -4.75. The maximum absolute atomic E-state index is 13.2. The Morgan fingerprint density at radius 1 is 1.00 bits per heavy atom. The van der Waals surface area contributed by atoms with Crippen molar-refractivity contribution in [2.24, 2.45) is 0 Å². The normalized spacial score (nSPS) is 12.0. The minimum absolute atomic E-state index is 0.121. The highest BCUT2D eigenvalue weighted by Gasteiger charge is 2.39. The first kappa shape index (κ1) is 24.9. The van der Waals surface area contributed by atoms with Gasteiger partial charge in [-0.25, -0.2) is 0 Å². The quantitative estimate of drug-likeness (QED) is 0.343. The van der Waals surface area contributed by atoms with Crippen LogP contribution in [0.15, 0.2) is 65.3 Å². The average Bonchev–Trinajstić information content (AvgIpc) is 3.33. The number of amides is 2. The Morgan fingerprint density at radius 3 is 2.23 bits per heavy atom. The molecule has 0 aliphatic rings. The lowest BCUT2D eigenvalue weighted by atomic mass is 10.1. The van der Waals surface area contributed by atoms with Crippen molar-refractivity contribution in [3.63, 3.8) is 0 Å². The molecule has 3 rings (SSSR count). The van der Waals surface area contributed by atoms with Crippen molar-refractivity contribution in [1.29, 1.82) is 0 Å². The van der Waals surface area contributed by atoms with Gasteiger partial charge in [0, 0.05) is 29.4 Å². The van der Waals surface area contributed by atoms with Crippen LogP contribution >= 0.6 is 0 Å². The number of hydrogen-bond donors (Lipinski definition) is 2. The molecule has 2 amide bonds. The van der Waals surface area contributed by atoms with Crippen molar-refractivity contribution in [3.8, 4) is 0 Å². The maximum Gasteiger partial charge on any atom is 0.423 e. The first-order chi connectivity index (χ1) is 16.5. The number of carbonyl (C=O) groups is 2. The van der Waals surface area contributed by atoms with Crippen LogP contribution in [0.5, 0.6) is 0 Å². The molecule has 1 atom stereocenters. The fourth-order valence-electron chi connectivity index (χ4n) is 3.08. The van der Waals surface area contributed by atoms with E-state index in [-0.39, 0.29) is 17.1 Å². The molecular formula is C21H15F3N4O7. The number of furan rings is 1. The van der Waals surface area contributed by atoms with Crippen LogP contribution in [0, 0.1) is 20.2 Å². The molecule has 0 aliphatic heterocycles. The zero-order chi connectivity index (χ0) is 25.8. The Kier molecular flexibility index (Phi) is 7.13. The predicted molar refractivity (Wildman–Crippen MR) is 113 cm³/mol. The molecular weight excluding hydrogens is 477 g/mol. The summed E-state index contributed by atoms with van der Waals surface area (Å²) in [5.74, 6) is -1.55. The van der Waals surface area contributed by atoms with Gasteiger partial charge in [0.2, 0.25) is 5.91 Å². The molecule has 182 valence electrons. The Morgan fingerprint density at radius 2 is 1.69 bits per heavy atom. The van der Waals surface area contributed by atoms with Crippen molar-refractivity contribution < 1.29 is 37.0 Å². The second-order valence-electron chi connectivity index (χ2n) is 7.08. The van der Waals surface area contributed by atoms with Crippen LogP contribution in [0.1, 0.15) is 34.1 Å². The highest BCUT2D eigenvalue weighted by molar-refractivity contribution is 5.96. The molecule has 0 saturated carbocycles. The average molecular weight is 492 g/mol. The standard InChI is InChI=1S/C21H15F3N4O7/c22-21(23,24)15-10-12(3-8-17(15)28(33)34)20(30)26-16(18-2-1-9-35-18)11-19(29)25-13-4-6-14(7-5-13)27(31)32/h1-10,16H,11H2,(H,25,29)(H,26,30). The second-order valence-corrected chi connectivity index (χ2v) is 7.08. The highest BCUT2D eigenvalue weighted by Crippen LogP contribution is 2.36. The fourth-order valence-corrected chi connectivity index (χ4v) is 3.08. The molecule has 1 aromatic heterocycles. The van der Waals surface area contributed by atoms with Gasteiger partial charge < -0.3 is 15.1 Å². The minimum Gasteiger partial charge on any atom is -0.467 e. The van der Waals surface area contributed by atoms with Crippen molar-refractivity contribution in [2.45, 2.75) is 18.6 Å². The topological polar surface area (TPSA) is 158 Å². The lowest BCUT2D eigenvalue weighted by molar-refractivity contribution is -0.388. The minimum atomic E-state index is -5.08. The van der Waals surface area contributed by atoms with Gasteiger partial charge >= 0.3 is 6.18 Å². The van der Waals surface area contributed by atoms with Crippen molar-refractivity contribution in [3.05, 3.63) is 98.0 Å². The molecule has 1 unspecified atom stereocenters. The Bertz CT molecular complexity index is 1260. The van der Waals surface area contributed by atoms with Gasteiger partial charge in [0.15, 0.2) is 0 Å². The van der Waals surface area contributed by atoms with Gasteiger partial charge in [-0.2, -0.15) is 13.2 Å². The zero-order valence-corrected chi connectivity index (χ0v) is 17.4. The van der Waals surface area contributed by atoms with Crippen LogP contribution in [0.4, 0.5) is 30.2 Å². The zero-order valence-electron chi connectivity index (χ0n) is 17.4. The third-order valence-corrected chi connectivity index (χ3v) is 4.70. The number of benzene rings is 2. The van der Waals surface area contributed by atoms with Crippen molar-refractivity contribution >= 4 is 28.9 Å². The van der Waals surface area contributed by atoms with E-state index in [1.54, 1.807) is 0 Å². The van der Waals surface area contributed by atoms with E-state index in [0.717, 1.165) is 6.07 Å². The van der Waals surface area contributed by atoms with Gasteiger partial charge in [-0.1, -0.05) is 0 Å². The maximum atomic E-state index is 13.2. The van der Waals surface area contributed by atoms with Gasteiger partial charge in [-0.15, -0.1) is 0 Å². The first-order valence-electron chi connectivity index (χ1n) is 9.70. The number of nitrogens with one attached hydrogen (secondary N) is 2. The molecule has 1 heterocycles. The summed E-state index contributed by atoms with van der Waals surface area (Å²) < 4.78 is 44.9. The Labute approximate surface area is 193 Å². The number of rotatable bonds is 8. The van der Waals surface area contributed by atoms with E-state index in [0.29, 0.717) is 12.1 Å². The summed E-state index contributed by atoms with van der Waals surface area (Å²) in [5, 5.41) is 26.5. The van der Waals surface area contributed by atoms with Gasteiger partial charge in [0.1, 0.15) is 11.3 Å².